The van der Waals surface area contributed by atoms with Crippen LogP contribution in [0.2, 0.25) is 0 Å². The minimum atomic E-state index is -0.841. The third-order valence-electron chi connectivity index (χ3n) is 4.24. The largest absolute Gasteiger partial charge is 0.480 e. The van der Waals surface area contributed by atoms with E-state index in [9.17, 15) is 9.90 Å². The SMILES string of the molecule is CNC(CN(C)c1cc(C)cc(C)c1)(C(=O)O)C1CC1. The van der Waals surface area contributed by atoms with E-state index in [4.69, 9.17) is 0 Å². The number of anilines is 1. The van der Waals surface area contributed by atoms with Crippen molar-refractivity contribution in [2.45, 2.75) is 32.2 Å². The van der Waals surface area contributed by atoms with E-state index in [1.165, 1.54) is 11.1 Å². The van der Waals surface area contributed by atoms with E-state index in [2.05, 4.69) is 37.4 Å². The number of hydrogen-bond donors (Lipinski definition) is 2. The summed E-state index contributed by atoms with van der Waals surface area (Å²) in [6.45, 7) is 4.61. The average Bonchev–Trinajstić information content (AvgIpc) is 3.18. The molecule has 2 N–H and O–H groups in total. The number of carboxylic acids is 1. The van der Waals surface area contributed by atoms with Crippen LogP contribution in [-0.4, -0.2) is 37.3 Å². The van der Waals surface area contributed by atoms with E-state index < -0.39 is 11.5 Å². The molecule has 0 spiro atoms. The number of aryl methyl sites for hydroxylation is 2. The molecule has 0 bridgehead atoms. The first-order chi connectivity index (χ1) is 9.39. The summed E-state index contributed by atoms with van der Waals surface area (Å²) in [5.74, 6) is -0.517. The van der Waals surface area contributed by atoms with Crippen molar-refractivity contribution in [3.63, 3.8) is 0 Å². The summed E-state index contributed by atoms with van der Waals surface area (Å²) in [6.07, 6.45) is 1.99. The Labute approximate surface area is 120 Å². The van der Waals surface area contributed by atoms with Crippen LogP contribution in [0, 0.1) is 19.8 Å². The van der Waals surface area contributed by atoms with Crippen LogP contribution in [0.4, 0.5) is 5.69 Å². The van der Waals surface area contributed by atoms with E-state index >= 15 is 0 Å². The number of nitrogens with one attached hydrogen (secondary N) is 1. The highest BCUT2D eigenvalue weighted by atomic mass is 16.4. The first-order valence-electron chi connectivity index (χ1n) is 7.11. The van der Waals surface area contributed by atoms with Crippen molar-refractivity contribution in [2.75, 3.05) is 25.5 Å². The van der Waals surface area contributed by atoms with Crippen molar-refractivity contribution in [2.24, 2.45) is 5.92 Å². The molecule has 4 heteroatoms. The maximum absolute atomic E-state index is 11.7. The van der Waals surface area contributed by atoms with Gasteiger partial charge in [-0.05, 0) is 62.9 Å². The van der Waals surface area contributed by atoms with Gasteiger partial charge in [0.1, 0.15) is 5.54 Å². The van der Waals surface area contributed by atoms with Gasteiger partial charge in [-0.1, -0.05) is 6.07 Å². The fraction of sp³-hybridized carbons (Fsp3) is 0.562. The summed E-state index contributed by atoms with van der Waals surface area (Å²) in [6, 6.07) is 6.32. The summed E-state index contributed by atoms with van der Waals surface area (Å²) in [5.41, 5.74) is 2.63. The van der Waals surface area contributed by atoms with Crippen molar-refractivity contribution in [1.82, 2.24) is 5.32 Å². The predicted molar refractivity (Wildman–Crippen MR) is 81.3 cm³/mol. The summed E-state index contributed by atoms with van der Waals surface area (Å²) < 4.78 is 0. The number of aliphatic carboxylic acids is 1. The number of likely N-dealkylation sites (N-methyl/N-ethyl adjacent to an activating group) is 2. The van der Waals surface area contributed by atoms with E-state index in [-0.39, 0.29) is 5.92 Å². The van der Waals surface area contributed by atoms with Gasteiger partial charge in [0.05, 0.1) is 0 Å². The molecule has 0 aliphatic heterocycles. The number of rotatable bonds is 6. The zero-order chi connectivity index (χ0) is 14.9. The standard InChI is InChI=1S/C16H24N2O2/c1-11-7-12(2)9-14(8-11)18(4)10-16(17-3,15(19)20)13-5-6-13/h7-9,13,17H,5-6,10H2,1-4H3,(H,19,20). The van der Waals surface area contributed by atoms with Gasteiger partial charge in [0, 0.05) is 19.3 Å². The van der Waals surface area contributed by atoms with Crippen LogP contribution in [-0.2, 0) is 4.79 Å². The van der Waals surface area contributed by atoms with Crippen LogP contribution < -0.4 is 10.2 Å². The lowest BCUT2D eigenvalue weighted by Gasteiger charge is -2.34. The highest BCUT2D eigenvalue weighted by Gasteiger charge is 2.50. The monoisotopic (exact) mass is 276 g/mol. The maximum atomic E-state index is 11.7. The van der Waals surface area contributed by atoms with Crippen molar-refractivity contribution in [1.29, 1.82) is 0 Å². The zero-order valence-corrected chi connectivity index (χ0v) is 12.7. The first kappa shape index (κ1) is 14.9. The number of carbonyl (C=O) groups is 1. The Kier molecular flexibility index (Phi) is 4.04. The van der Waals surface area contributed by atoms with Crippen molar-refractivity contribution in [3.05, 3.63) is 29.3 Å². The van der Waals surface area contributed by atoms with E-state index in [0.717, 1.165) is 18.5 Å². The number of hydrogen-bond acceptors (Lipinski definition) is 3. The number of benzene rings is 1. The minimum absolute atomic E-state index is 0.235. The Hall–Kier alpha value is -1.55. The van der Waals surface area contributed by atoms with Gasteiger partial charge in [0.2, 0.25) is 0 Å². The van der Waals surface area contributed by atoms with Crippen LogP contribution in [0.1, 0.15) is 24.0 Å². The molecule has 110 valence electrons. The van der Waals surface area contributed by atoms with Gasteiger partial charge < -0.3 is 15.3 Å². The third kappa shape index (κ3) is 2.80. The van der Waals surface area contributed by atoms with Crippen molar-refractivity contribution < 1.29 is 9.90 Å². The normalized spacial score (nSPS) is 17.6. The maximum Gasteiger partial charge on any atom is 0.326 e. The second-order valence-corrected chi connectivity index (χ2v) is 6.00. The predicted octanol–water partition coefficient (Wildman–Crippen LogP) is 2.19. The van der Waals surface area contributed by atoms with Gasteiger partial charge in [0.15, 0.2) is 0 Å². The molecule has 0 aromatic heterocycles. The molecule has 1 aliphatic rings. The Morgan fingerprint density at radius 2 is 1.90 bits per heavy atom. The first-order valence-corrected chi connectivity index (χ1v) is 7.11. The van der Waals surface area contributed by atoms with Crippen LogP contribution in [0.15, 0.2) is 18.2 Å². The molecular weight excluding hydrogens is 252 g/mol. The van der Waals surface area contributed by atoms with E-state index in [0.29, 0.717) is 6.54 Å². The Morgan fingerprint density at radius 1 is 1.35 bits per heavy atom. The highest BCUT2D eigenvalue weighted by Crippen LogP contribution is 2.40. The Morgan fingerprint density at radius 3 is 2.30 bits per heavy atom. The molecule has 1 saturated carbocycles. The quantitative estimate of drug-likeness (QED) is 0.836. The molecule has 0 heterocycles. The Bertz CT molecular complexity index is 491. The molecule has 20 heavy (non-hydrogen) atoms. The lowest BCUT2D eigenvalue weighted by atomic mass is 9.92. The van der Waals surface area contributed by atoms with Gasteiger partial charge in [-0.2, -0.15) is 0 Å². The van der Waals surface area contributed by atoms with E-state index in [1.807, 2.05) is 11.9 Å². The number of nitrogens with zero attached hydrogens (tertiary/aromatic N) is 1. The molecule has 0 amide bonds. The molecule has 1 aliphatic carbocycles. The fourth-order valence-electron chi connectivity index (χ4n) is 2.97. The van der Waals surface area contributed by atoms with Gasteiger partial charge >= 0.3 is 5.97 Å². The lowest BCUT2D eigenvalue weighted by molar-refractivity contribution is -0.145. The smallest absolute Gasteiger partial charge is 0.326 e. The molecule has 0 radical (unpaired) electrons. The topological polar surface area (TPSA) is 52.6 Å². The van der Waals surface area contributed by atoms with E-state index in [1.54, 1.807) is 7.05 Å². The van der Waals surface area contributed by atoms with Crippen molar-refractivity contribution in [3.8, 4) is 0 Å². The lowest BCUT2D eigenvalue weighted by Crippen LogP contribution is -2.59. The fourth-order valence-corrected chi connectivity index (χ4v) is 2.97. The zero-order valence-electron chi connectivity index (χ0n) is 12.7. The molecule has 0 saturated heterocycles. The molecule has 4 nitrogen and oxygen atoms in total. The molecule has 1 aromatic rings. The molecule has 1 aromatic carbocycles. The molecule has 1 atom stereocenters. The average molecular weight is 276 g/mol. The third-order valence-corrected chi connectivity index (χ3v) is 4.24. The molecule has 1 unspecified atom stereocenters. The summed E-state index contributed by atoms with van der Waals surface area (Å²) in [7, 11) is 3.72. The number of carboxylic acid groups (broad SMARTS) is 1. The van der Waals surface area contributed by atoms with Gasteiger partial charge in [-0.25, -0.2) is 0 Å². The summed E-state index contributed by atoms with van der Waals surface area (Å²) in [5, 5.41) is 12.7. The van der Waals surface area contributed by atoms with Crippen LogP contribution >= 0.6 is 0 Å². The highest BCUT2D eigenvalue weighted by molar-refractivity contribution is 5.81. The van der Waals surface area contributed by atoms with Crippen molar-refractivity contribution >= 4 is 11.7 Å². The summed E-state index contributed by atoms with van der Waals surface area (Å²) in [4.78, 5) is 13.8. The van der Waals surface area contributed by atoms with Crippen LogP contribution in [0.3, 0.4) is 0 Å². The molecule has 2 rings (SSSR count). The molecule has 1 fully saturated rings. The molecular formula is C16H24N2O2. The Balaban J connectivity index is 2.24. The second kappa shape index (κ2) is 5.44. The minimum Gasteiger partial charge on any atom is -0.480 e. The van der Waals surface area contributed by atoms with Gasteiger partial charge in [-0.15, -0.1) is 0 Å². The van der Waals surface area contributed by atoms with Gasteiger partial charge in [0.25, 0.3) is 0 Å². The van der Waals surface area contributed by atoms with Crippen LogP contribution in [0.5, 0.6) is 0 Å². The van der Waals surface area contributed by atoms with Gasteiger partial charge in [-0.3, -0.25) is 4.79 Å². The second-order valence-electron chi connectivity index (χ2n) is 6.00. The summed E-state index contributed by atoms with van der Waals surface area (Å²) >= 11 is 0. The van der Waals surface area contributed by atoms with Crippen LogP contribution in [0.25, 0.3) is 0 Å².